The zero-order valence-electron chi connectivity index (χ0n) is 10.2. The highest BCUT2D eigenvalue weighted by atomic mass is 16.3. The second kappa shape index (κ2) is 5.26. The lowest BCUT2D eigenvalue weighted by atomic mass is 10.2. The molecule has 0 saturated carbocycles. The number of aliphatic hydroxyl groups is 1. The number of hydrogen-bond donors (Lipinski definition) is 1. The van der Waals surface area contributed by atoms with Crippen LogP contribution in [0.4, 0.5) is 0 Å². The van der Waals surface area contributed by atoms with Gasteiger partial charge >= 0.3 is 0 Å². The van der Waals surface area contributed by atoms with Gasteiger partial charge in [0.25, 0.3) is 5.91 Å². The number of likely N-dealkylation sites (tertiary alicyclic amines) is 1. The number of nitrogens with zero attached hydrogens (tertiary/aromatic N) is 4. The molecule has 98 valence electrons. The molecule has 1 aliphatic rings. The van der Waals surface area contributed by atoms with Crippen LogP contribution < -0.4 is 0 Å². The van der Waals surface area contributed by atoms with Gasteiger partial charge in [-0.1, -0.05) is 12.1 Å². The minimum Gasteiger partial charge on any atom is -0.387 e. The van der Waals surface area contributed by atoms with Crippen molar-refractivity contribution in [3.63, 3.8) is 0 Å². The minimum atomic E-state index is -0.665. The molecule has 7 nitrogen and oxygen atoms in total. The summed E-state index contributed by atoms with van der Waals surface area (Å²) in [5.41, 5.74) is 0.443. The van der Waals surface area contributed by atoms with E-state index in [0.717, 1.165) is 6.42 Å². The maximum absolute atomic E-state index is 11.8. The molecular formula is C11H16N4O3. The Kier molecular flexibility index (Phi) is 3.71. The van der Waals surface area contributed by atoms with Crippen LogP contribution >= 0.6 is 0 Å². The van der Waals surface area contributed by atoms with Gasteiger partial charge in [-0.05, 0) is 12.8 Å². The molecule has 2 heterocycles. The lowest BCUT2D eigenvalue weighted by molar-refractivity contribution is -0.142. The Bertz CT molecular complexity index is 457. The summed E-state index contributed by atoms with van der Waals surface area (Å²) < 4.78 is 1.35. The molecule has 0 aromatic carbocycles. The van der Waals surface area contributed by atoms with E-state index in [-0.39, 0.29) is 18.4 Å². The van der Waals surface area contributed by atoms with Crippen LogP contribution in [0.15, 0.2) is 6.20 Å². The third-order valence-corrected chi connectivity index (χ3v) is 2.96. The lowest BCUT2D eigenvalue weighted by Crippen LogP contribution is -2.34. The number of aromatic nitrogens is 3. The predicted octanol–water partition coefficient (Wildman–Crippen LogP) is -0.130. The molecule has 0 bridgehead atoms. The first kappa shape index (κ1) is 12.7. The van der Waals surface area contributed by atoms with Crippen molar-refractivity contribution in [2.24, 2.45) is 0 Å². The Morgan fingerprint density at radius 3 is 3.00 bits per heavy atom. The molecule has 0 radical (unpaired) electrons. The molecule has 1 unspecified atom stereocenters. The van der Waals surface area contributed by atoms with Gasteiger partial charge in [0, 0.05) is 13.0 Å². The van der Waals surface area contributed by atoms with Gasteiger partial charge in [0.15, 0.2) is 0 Å². The smallest absolute Gasteiger partial charge is 0.250 e. The number of amides is 2. The van der Waals surface area contributed by atoms with Gasteiger partial charge in [0.1, 0.15) is 12.2 Å². The average Bonchev–Trinajstić information content (AvgIpc) is 2.97. The van der Waals surface area contributed by atoms with Crippen LogP contribution in [0.5, 0.6) is 0 Å². The fraction of sp³-hybridized carbons (Fsp3) is 0.636. The van der Waals surface area contributed by atoms with Crippen LogP contribution in [0.1, 0.15) is 38.0 Å². The first-order valence-electron chi connectivity index (χ1n) is 6.03. The molecule has 0 aliphatic carbocycles. The van der Waals surface area contributed by atoms with Crippen molar-refractivity contribution in [2.75, 3.05) is 6.54 Å². The SMILES string of the molecule is CCC(O)c1cn(CC(=O)N2CCCC2=O)nn1. The van der Waals surface area contributed by atoms with Crippen LogP contribution in [0.25, 0.3) is 0 Å². The quantitative estimate of drug-likeness (QED) is 0.806. The van der Waals surface area contributed by atoms with Crippen LogP contribution in [-0.4, -0.2) is 43.4 Å². The van der Waals surface area contributed by atoms with E-state index in [9.17, 15) is 14.7 Å². The Labute approximate surface area is 104 Å². The highest BCUT2D eigenvalue weighted by molar-refractivity contribution is 5.96. The zero-order valence-corrected chi connectivity index (χ0v) is 10.2. The van der Waals surface area contributed by atoms with E-state index < -0.39 is 6.10 Å². The van der Waals surface area contributed by atoms with Gasteiger partial charge in [0.05, 0.1) is 12.3 Å². The fourth-order valence-corrected chi connectivity index (χ4v) is 1.89. The number of imide groups is 1. The van der Waals surface area contributed by atoms with Crippen molar-refractivity contribution in [2.45, 2.75) is 38.8 Å². The van der Waals surface area contributed by atoms with Crippen molar-refractivity contribution < 1.29 is 14.7 Å². The molecule has 1 saturated heterocycles. The summed E-state index contributed by atoms with van der Waals surface area (Å²) in [7, 11) is 0. The normalized spacial score (nSPS) is 17.2. The predicted molar refractivity (Wildman–Crippen MR) is 61.2 cm³/mol. The van der Waals surface area contributed by atoms with Gasteiger partial charge in [-0.3, -0.25) is 14.5 Å². The van der Waals surface area contributed by atoms with Crippen LogP contribution in [-0.2, 0) is 16.1 Å². The maximum Gasteiger partial charge on any atom is 0.250 e. The van der Waals surface area contributed by atoms with Gasteiger partial charge in [0.2, 0.25) is 5.91 Å². The van der Waals surface area contributed by atoms with Crippen molar-refractivity contribution in [3.8, 4) is 0 Å². The highest BCUT2D eigenvalue weighted by Gasteiger charge is 2.26. The van der Waals surface area contributed by atoms with E-state index in [4.69, 9.17) is 0 Å². The second-order valence-electron chi connectivity index (χ2n) is 4.31. The fourth-order valence-electron chi connectivity index (χ4n) is 1.89. The molecule has 0 spiro atoms. The van der Waals surface area contributed by atoms with Gasteiger partial charge in [-0.15, -0.1) is 5.10 Å². The van der Waals surface area contributed by atoms with Crippen molar-refractivity contribution in [1.82, 2.24) is 19.9 Å². The Balaban J connectivity index is 1.99. The molecule has 1 atom stereocenters. The number of carbonyl (C=O) groups is 2. The molecule has 2 amide bonds. The first-order chi connectivity index (χ1) is 8.61. The lowest BCUT2D eigenvalue weighted by Gasteiger charge is -2.12. The first-order valence-corrected chi connectivity index (χ1v) is 6.03. The third kappa shape index (κ3) is 2.56. The number of carbonyl (C=O) groups excluding carboxylic acids is 2. The Morgan fingerprint density at radius 2 is 2.39 bits per heavy atom. The van der Waals surface area contributed by atoms with Crippen LogP contribution in [0.2, 0.25) is 0 Å². The van der Waals surface area contributed by atoms with Crippen LogP contribution in [0.3, 0.4) is 0 Å². The summed E-state index contributed by atoms with van der Waals surface area (Å²) in [5.74, 6) is -0.408. The summed E-state index contributed by atoms with van der Waals surface area (Å²) in [5, 5.41) is 17.1. The molecule has 7 heteroatoms. The molecule has 1 N–H and O–H groups in total. The van der Waals surface area contributed by atoms with E-state index in [2.05, 4.69) is 10.3 Å². The minimum absolute atomic E-state index is 0.0187. The van der Waals surface area contributed by atoms with E-state index in [1.807, 2.05) is 6.92 Å². The molecule has 1 aromatic heterocycles. The van der Waals surface area contributed by atoms with Crippen molar-refractivity contribution in [1.29, 1.82) is 0 Å². The molecule has 2 rings (SSSR count). The second-order valence-corrected chi connectivity index (χ2v) is 4.31. The Morgan fingerprint density at radius 1 is 1.61 bits per heavy atom. The highest BCUT2D eigenvalue weighted by Crippen LogP contribution is 2.13. The van der Waals surface area contributed by atoms with E-state index in [0.29, 0.717) is 25.1 Å². The van der Waals surface area contributed by atoms with E-state index in [1.54, 1.807) is 0 Å². The summed E-state index contributed by atoms with van der Waals surface area (Å²) in [6.07, 6.45) is 2.57. The van der Waals surface area contributed by atoms with Gasteiger partial charge in [-0.2, -0.15) is 0 Å². The van der Waals surface area contributed by atoms with Crippen molar-refractivity contribution in [3.05, 3.63) is 11.9 Å². The molecule has 1 aliphatic heterocycles. The monoisotopic (exact) mass is 252 g/mol. The number of aliphatic hydroxyl groups excluding tert-OH is 1. The van der Waals surface area contributed by atoms with E-state index in [1.165, 1.54) is 15.8 Å². The number of hydrogen-bond acceptors (Lipinski definition) is 5. The third-order valence-electron chi connectivity index (χ3n) is 2.96. The standard InChI is InChI=1S/C11H16N4O3/c1-2-9(16)8-6-14(13-12-8)7-11(18)15-5-3-4-10(15)17/h6,9,16H,2-5,7H2,1H3. The average molecular weight is 252 g/mol. The summed E-state index contributed by atoms with van der Waals surface area (Å²) in [6.45, 7) is 2.30. The molecule has 1 fully saturated rings. The molecule has 18 heavy (non-hydrogen) atoms. The van der Waals surface area contributed by atoms with Crippen molar-refractivity contribution >= 4 is 11.8 Å². The van der Waals surface area contributed by atoms with Crippen LogP contribution in [0, 0.1) is 0 Å². The maximum atomic E-state index is 11.8. The summed E-state index contributed by atoms with van der Waals surface area (Å²) in [6, 6.07) is 0. The largest absolute Gasteiger partial charge is 0.387 e. The zero-order chi connectivity index (χ0) is 13.1. The van der Waals surface area contributed by atoms with E-state index >= 15 is 0 Å². The van der Waals surface area contributed by atoms with Gasteiger partial charge < -0.3 is 5.11 Å². The molecule has 1 aromatic rings. The van der Waals surface area contributed by atoms with Gasteiger partial charge in [-0.25, -0.2) is 4.68 Å². The summed E-state index contributed by atoms with van der Waals surface area (Å²) >= 11 is 0. The number of rotatable bonds is 4. The Hall–Kier alpha value is -1.76. The molecular weight excluding hydrogens is 236 g/mol. The topological polar surface area (TPSA) is 88.3 Å². The summed E-state index contributed by atoms with van der Waals surface area (Å²) in [4.78, 5) is 24.5.